The second-order valence-electron chi connectivity index (χ2n) is 11.8. The van der Waals surface area contributed by atoms with Gasteiger partial charge in [-0.2, -0.15) is 0 Å². The van der Waals surface area contributed by atoms with E-state index in [1.165, 1.54) is 19.3 Å². The normalized spacial score (nSPS) is 16.1. The van der Waals surface area contributed by atoms with Crippen molar-refractivity contribution in [2.24, 2.45) is 18.4 Å². The number of carboxylic acids is 1. The van der Waals surface area contributed by atoms with E-state index in [-0.39, 0.29) is 0 Å². The van der Waals surface area contributed by atoms with Crippen molar-refractivity contribution in [1.29, 1.82) is 0 Å². The number of aliphatic carboxylic acids is 1. The zero-order chi connectivity index (χ0) is 28.6. The molecule has 9 heteroatoms. The summed E-state index contributed by atoms with van der Waals surface area (Å²) in [5, 5.41) is 19.5. The predicted molar refractivity (Wildman–Crippen MR) is 158 cm³/mol. The predicted octanol–water partition coefficient (Wildman–Crippen LogP) is 6.04. The topological polar surface area (TPSA) is 89.1 Å². The molecule has 0 unspecified atom stereocenters. The third-order valence-corrected chi connectivity index (χ3v) is 9.23. The Morgan fingerprint density at radius 1 is 1.18 bits per heavy atom. The third-order valence-electron chi connectivity index (χ3n) is 8.86. The maximum atomic E-state index is 12.6. The summed E-state index contributed by atoms with van der Waals surface area (Å²) in [6, 6.07) is 9.89. The lowest BCUT2D eigenvalue weighted by Gasteiger charge is -2.33. The molecule has 1 atom stereocenters. The van der Waals surface area contributed by atoms with Gasteiger partial charge in [0, 0.05) is 30.4 Å². The number of likely N-dealkylation sites (tertiary alicyclic amines) is 1. The van der Waals surface area contributed by atoms with Crippen LogP contribution in [0.4, 0.5) is 0 Å². The van der Waals surface area contributed by atoms with Gasteiger partial charge in [-0.15, -0.1) is 5.10 Å². The van der Waals surface area contributed by atoms with Gasteiger partial charge in [0.15, 0.2) is 0 Å². The standard InChI is InChI=1S/C31H39ClN6O2/c1-6-21-11-14-37(15-12-21)19-27-33-13-16-38(27)18-23-17-22(7-9-25(23)32)28(31(3,4)30(39)40)24-8-10-26-29(20(24)2)34-35-36(26)5/h7-10,13,16-17,21,28H,6,11-12,14-15,18-19H2,1-5H3,(H,39,40)/t28-/m1/s1. The molecule has 0 saturated carbocycles. The average Bonchev–Trinajstić information content (AvgIpc) is 3.53. The first-order valence-electron chi connectivity index (χ1n) is 14.1. The fraction of sp³-hybridized carbons (Fsp3) is 0.484. The summed E-state index contributed by atoms with van der Waals surface area (Å²) in [4.78, 5) is 19.8. The van der Waals surface area contributed by atoms with E-state index in [4.69, 9.17) is 11.6 Å². The summed E-state index contributed by atoms with van der Waals surface area (Å²) in [5.74, 6) is 0.563. The van der Waals surface area contributed by atoms with Gasteiger partial charge in [-0.05, 0) is 87.0 Å². The number of aryl methyl sites for hydroxylation is 2. The molecule has 1 saturated heterocycles. The quantitative estimate of drug-likeness (QED) is 0.267. The number of fused-ring (bicyclic) bond motifs is 1. The zero-order valence-corrected chi connectivity index (χ0v) is 24.8. The van der Waals surface area contributed by atoms with Crippen LogP contribution in [0.2, 0.25) is 5.02 Å². The number of aromatic nitrogens is 5. The molecule has 2 aromatic heterocycles. The molecule has 8 nitrogen and oxygen atoms in total. The third kappa shape index (κ3) is 5.39. The van der Waals surface area contributed by atoms with Crippen LogP contribution in [-0.4, -0.2) is 53.6 Å². The maximum absolute atomic E-state index is 12.6. The van der Waals surface area contributed by atoms with E-state index in [1.54, 1.807) is 18.5 Å². The fourth-order valence-corrected chi connectivity index (χ4v) is 6.31. The van der Waals surface area contributed by atoms with Gasteiger partial charge in [-0.3, -0.25) is 9.69 Å². The van der Waals surface area contributed by atoms with Crippen LogP contribution in [0.3, 0.4) is 0 Å². The van der Waals surface area contributed by atoms with Crippen molar-refractivity contribution in [1.82, 2.24) is 29.4 Å². The first-order valence-corrected chi connectivity index (χ1v) is 14.5. The number of halogens is 1. The first-order chi connectivity index (χ1) is 19.1. The molecule has 1 aliphatic rings. The van der Waals surface area contributed by atoms with Crippen LogP contribution in [0.1, 0.15) is 74.0 Å². The molecule has 1 N–H and O–H groups in total. The monoisotopic (exact) mass is 562 g/mol. The van der Waals surface area contributed by atoms with E-state index in [2.05, 4.69) is 37.8 Å². The van der Waals surface area contributed by atoms with Crippen molar-refractivity contribution in [2.75, 3.05) is 13.1 Å². The Labute approximate surface area is 241 Å². The summed E-state index contributed by atoms with van der Waals surface area (Å²) in [6.07, 6.45) is 7.59. The Balaban J connectivity index is 1.48. The molecule has 0 radical (unpaired) electrons. The number of carboxylic acid groups (broad SMARTS) is 1. The number of carbonyl (C=O) groups is 1. The molecular formula is C31H39ClN6O2. The molecule has 0 spiro atoms. The Kier molecular flexibility index (Phi) is 8.02. The van der Waals surface area contributed by atoms with Gasteiger partial charge < -0.3 is 9.67 Å². The van der Waals surface area contributed by atoms with Crippen molar-refractivity contribution in [3.05, 3.63) is 75.8 Å². The molecule has 1 fully saturated rings. The number of imidazole rings is 1. The first kappa shape index (κ1) is 28.3. The Bertz CT molecular complexity index is 1520. The Morgan fingerprint density at radius 3 is 2.62 bits per heavy atom. The average molecular weight is 563 g/mol. The summed E-state index contributed by atoms with van der Waals surface area (Å²) in [7, 11) is 1.86. The smallest absolute Gasteiger partial charge is 0.310 e. The van der Waals surface area contributed by atoms with Crippen LogP contribution >= 0.6 is 11.6 Å². The highest BCUT2D eigenvalue weighted by Gasteiger charge is 2.40. The number of rotatable bonds is 9. The van der Waals surface area contributed by atoms with Crippen molar-refractivity contribution >= 4 is 28.6 Å². The number of hydrogen-bond acceptors (Lipinski definition) is 5. The highest BCUT2D eigenvalue weighted by Crippen LogP contribution is 2.44. The highest BCUT2D eigenvalue weighted by molar-refractivity contribution is 6.31. The summed E-state index contributed by atoms with van der Waals surface area (Å²) in [5.41, 5.74) is 4.31. The second kappa shape index (κ2) is 11.3. The lowest BCUT2D eigenvalue weighted by molar-refractivity contribution is -0.147. The molecule has 0 aliphatic carbocycles. The SMILES string of the molecule is CCC1CCN(Cc2nccn2Cc2cc([C@H](c3ccc4c(nnn4C)c3C)C(C)(C)C(=O)O)ccc2Cl)CC1. The summed E-state index contributed by atoms with van der Waals surface area (Å²) in [6.45, 7) is 11.4. The highest BCUT2D eigenvalue weighted by atomic mass is 35.5. The molecule has 0 amide bonds. The van der Waals surface area contributed by atoms with Gasteiger partial charge in [0.1, 0.15) is 11.3 Å². The van der Waals surface area contributed by atoms with Crippen molar-refractivity contribution in [2.45, 2.75) is 66.0 Å². The molecule has 2 aromatic carbocycles. The Morgan fingerprint density at radius 2 is 1.93 bits per heavy atom. The lowest BCUT2D eigenvalue weighted by atomic mass is 9.70. The van der Waals surface area contributed by atoms with Gasteiger partial charge in [0.05, 0.1) is 24.0 Å². The van der Waals surface area contributed by atoms with Crippen LogP contribution in [0.25, 0.3) is 11.0 Å². The van der Waals surface area contributed by atoms with Gasteiger partial charge in [-0.25, -0.2) is 9.67 Å². The largest absolute Gasteiger partial charge is 0.481 e. The molecular weight excluding hydrogens is 524 g/mol. The summed E-state index contributed by atoms with van der Waals surface area (Å²) < 4.78 is 3.89. The van der Waals surface area contributed by atoms with Gasteiger partial charge in [0.25, 0.3) is 0 Å². The minimum absolute atomic E-state index is 0.422. The zero-order valence-electron chi connectivity index (χ0n) is 24.1. The van der Waals surface area contributed by atoms with Crippen molar-refractivity contribution in [3.8, 4) is 0 Å². The van der Waals surface area contributed by atoms with Gasteiger partial charge in [0.2, 0.25) is 0 Å². The van der Waals surface area contributed by atoms with Crippen LogP contribution in [-0.2, 0) is 24.9 Å². The molecule has 4 aromatic rings. The fourth-order valence-electron chi connectivity index (χ4n) is 6.14. The van der Waals surface area contributed by atoms with E-state index >= 15 is 0 Å². The van der Waals surface area contributed by atoms with Crippen LogP contribution in [0.5, 0.6) is 0 Å². The molecule has 1 aliphatic heterocycles. The number of benzene rings is 2. The molecule has 0 bridgehead atoms. The van der Waals surface area contributed by atoms with E-state index in [1.807, 2.05) is 50.6 Å². The minimum Gasteiger partial charge on any atom is -0.481 e. The molecule has 5 rings (SSSR count). The number of piperidine rings is 1. The Hall–Kier alpha value is -3.23. The van der Waals surface area contributed by atoms with E-state index < -0.39 is 17.3 Å². The summed E-state index contributed by atoms with van der Waals surface area (Å²) >= 11 is 6.75. The van der Waals surface area contributed by atoms with Crippen LogP contribution < -0.4 is 0 Å². The number of nitrogens with zero attached hydrogens (tertiary/aromatic N) is 6. The van der Waals surface area contributed by atoms with Crippen LogP contribution in [0, 0.1) is 18.3 Å². The minimum atomic E-state index is -1.09. The molecule has 212 valence electrons. The second-order valence-corrected chi connectivity index (χ2v) is 12.2. The van der Waals surface area contributed by atoms with Crippen molar-refractivity contribution < 1.29 is 9.90 Å². The van der Waals surface area contributed by atoms with Crippen molar-refractivity contribution in [3.63, 3.8) is 0 Å². The van der Waals surface area contributed by atoms with Gasteiger partial charge >= 0.3 is 5.97 Å². The van der Waals surface area contributed by atoms with Gasteiger partial charge in [-0.1, -0.05) is 48.4 Å². The number of hydrogen-bond donors (Lipinski definition) is 1. The molecule has 40 heavy (non-hydrogen) atoms. The van der Waals surface area contributed by atoms with E-state index in [9.17, 15) is 9.90 Å². The maximum Gasteiger partial charge on any atom is 0.310 e. The molecule has 3 heterocycles. The lowest BCUT2D eigenvalue weighted by Crippen LogP contribution is -2.34. The van der Waals surface area contributed by atoms with E-state index in [0.29, 0.717) is 11.6 Å². The van der Waals surface area contributed by atoms with E-state index in [0.717, 1.165) is 64.7 Å². The van der Waals surface area contributed by atoms with Crippen LogP contribution in [0.15, 0.2) is 42.7 Å².